The molecule has 0 aromatic heterocycles. The number of nitrogens with zero attached hydrogens (tertiary/aromatic N) is 1. The summed E-state index contributed by atoms with van der Waals surface area (Å²) < 4.78 is 92.1. The van der Waals surface area contributed by atoms with Crippen LogP contribution in [0, 0.1) is 5.92 Å². The van der Waals surface area contributed by atoms with Crippen LogP contribution in [0.4, 0.5) is 26.3 Å². The van der Waals surface area contributed by atoms with Gasteiger partial charge in [0.15, 0.2) is 6.29 Å². The molecule has 0 radical (unpaired) electrons. The quantitative estimate of drug-likeness (QED) is 0.396. The van der Waals surface area contributed by atoms with Gasteiger partial charge in [0.1, 0.15) is 0 Å². The van der Waals surface area contributed by atoms with E-state index < -0.39 is 35.9 Å². The van der Waals surface area contributed by atoms with Crippen molar-refractivity contribution in [1.29, 1.82) is 0 Å². The molecule has 4 rings (SSSR count). The van der Waals surface area contributed by atoms with Crippen LogP contribution in [0.25, 0.3) is 0 Å². The average Bonchev–Trinajstić information content (AvgIpc) is 3.31. The summed E-state index contributed by atoms with van der Waals surface area (Å²) in [7, 11) is 0. The Morgan fingerprint density at radius 2 is 1.54 bits per heavy atom. The lowest BCUT2D eigenvalue weighted by Gasteiger charge is -2.41. The van der Waals surface area contributed by atoms with Crippen molar-refractivity contribution < 1.29 is 35.8 Å². The molecule has 2 aromatic rings. The number of ether oxygens (including phenoxy) is 2. The summed E-state index contributed by atoms with van der Waals surface area (Å²) in [4.78, 5) is 2.40. The van der Waals surface area contributed by atoms with E-state index in [2.05, 4.69) is 4.90 Å². The highest BCUT2D eigenvalue weighted by Gasteiger charge is 2.40. The summed E-state index contributed by atoms with van der Waals surface area (Å²) in [6, 6.07) is 11.2. The minimum Gasteiger partial charge on any atom is -0.352 e. The molecule has 9 heteroatoms. The number of hydrogen-bond acceptors (Lipinski definition) is 3. The smallest absolute Gasteiger partial charge is 0.352 e. The molecule has 0 aliphatic carbocycles. The first-order valence-electron chi connectivity index (χ1n) is 11.9. The predicted octanol–water partition coefficient (Wildman–Crippen LogP) is 7.04. The zero-order chi connectivity index (χ0) is 25.2. The van der Waals surface area contributed by atoms with Gasteiger partial charge in [0, 0.05) is 12.5 Å². The summed E-state index contributed by atoms with van der Waals surface area (Å²) in [5, 5.41) is 0. The summed E-state index contributed by atoms with van der Waals surface area (Å²) in [6.45, 7) is 4.76. The van der Waals surface area contributed by atoms with E-state index in [1.807, 2.05) is 30.3 Å². The molecule has 2 heterocycles. The SMILES string of the molecule is C[C@@H](O[C@H]1OCC[C@H](CN2CCCC2)[C@@H]1c1ccccc1)c1cc(C(F)(F)F)cc(C(F)(F)F)c1. The Morgan fingerprint density at radius 3 is 2.11 bits per heavy atom. The molecule has 0 N–H and O–H groups in total. The molecule has 4 atom stereocenters. The second kappa shape index (κ2) is 10.5. The molecule has 3 nitrogen and oxygen atoms in total. The zero-order valence-electron chi connectivity index (χ0n) is 19.4. The van der Waals surface area contributed by atoms with Gasteiger partial charge in [-0.1, -0.05) is 30.3 Å². The highest BCUT2D eigenvalue weighted by Crippen LogP contribution is 2.41. The molecular weight excluding hydrogens is 472 g/mol. The van der Waals surface area contributed by atoms with Gasteiger partial charge in [-0.3, -0.25) is 0 Å². The van der Waals surface area contributed by atoms with Crippen molar-refractivity contribution in [2.45, 2.75) is 56.9 Å². The fourth-order valence-corrected chi connectivity index (χ4v) is 5.06. The molecular formula is C26H29F6NO2. The molecule has 2 fully saturated rings. The largest absolute Gasteiger partial charge is 0.416 e. The number of rotatable bonds is 6. The van der Waals surface area contributed by atoms with Crippen LogP contribution in [-0.2, 0) is 21.8 Å². The number of benzene rings is 2. The monoisotopic (exact) mass is 501 g/mol. The van der Waals surface area contributed by atoms with E-state index in [0.29, 0.717) is 6.61 Å². The Labute approximate surface area is 201 Å². The maximum absolute atomic E-state index is 13.3. The van der Waals surface area contributed by atoms with Crippen molar-refractivity contribution in [3.63, 3.8) is 0 Å². The second-order valence-electron chi connectivity index (χ2n) is 9.35. The fourth-order valence-electron chi connectivity index (χ4n) is 5.06. The van der Waals surface area contributed by atoms with Crippen molar-refractivity contribution in [2.75, 3.05) is 26.2 Å². The van der Waals surface area contributed by atoms with Crippen LogP contribution in [0.5, 0.6) is 0 Å². The van der Waals surface area contributed by atoms with Crippen LogP contribution >= 0.6 is 0 Å². The Kier molecular flexibility index (Phi) is 7.78. The third-order valence-corrected chi connectivity index (χ3v) is 6.87. The second-order valence-corrected chi connectivity index (χ2v) is 9.35. The number of alkyl halides is 6. The van der Waals surface area contributed by atoms with Gasteiger partial charge in [0.2, 0.25) is 0 Å². The Hall–Kier alpha value is -2.10. The van der Waals surface area contributed by atoms with Crippen LogP contribution in [0.15, 0.2) is 48.5 Å². The fraction of sp³-hybridized carbons (Fsp3) is 0.538. The Morgan fingerprint density at radius 1 is 0.943 bits per heavy atom. The van der Waals surface area contributed by atoms with Gasteiger partial charge >= 0.3 is 12.4 Å². The van der Waals surface area contributed by atoms with Crippen LogP contribution in [0.2, 0.25) is 0 Å². The molecule has 2 saturated heterocycles. The van der Waals surface area contributed by atoms with Crippen LogP contribution in [0.3, 0.4) is 0 Å². The van der Waals surface area contributed by atoms with Crippen LogP contribution in [0.1, 0.15) is 60.5 Å². The van der Waals surface area contributed by atoms with Gasteiger partial charge < -0.3 is 14.4 Å². The molecule has 192 valence electrons. The van der Waals surface area contributed by atoms with Gasteiger partial charge in [-0.15, -0.1) is 0 Å². The third kappa shape index (κ3) is 6.37. The molecule has 2 aliphatic rings. The third-order valence-electron chi connectivity index (χ3n) is 6.87. The first-order chi connectivity index (χ1) is 16.5. The number of hydrogen-bond donors (Lipinski definition) is 0. The van der Waals surface area contributed by atoms with Gasteiger partial charge in [0.25, 0.3) is 0 Å². The molecule has 35 heavy (non-hydrogen) atoms. The van der Waals surface area contributed by atoms with E-state index >= 15 is 0 Å². The number of halogens is 6. The minimum atomic E-state index is -4.91. The van der Waals surface area contributed by atoms with Crippen LogP contribution in [-0.4, -0.2) is 37.4 Å². The standard InChI is InChI=1S/C26H29F6NO2/c1-17(20-13-21(25(27,28)29)15-22(14-20)26(30,31)32)35-24-23(18-7-3-2-4-8-18)19(9-12-34-24)16-33-10-5-6-11-33/h2-4,7-8,13-15,17,19,23-24H,5-6,9-12,16H2,1H3/t17-,19-,23+,24-/m1/s1. The molecule has 0 amide bonds. The summed E-state index contributed by atoms with van der Waals surface area (Å²) in [5.74, 6) is -0.00502. The van der Waals surface area contributed by atoms with E-state index in [1.54, 1.807) is 0 Å². The van der Waals surface area contributed by atoms with Crippen molar-refractivity contribution in [2.24, 2.45) is 5.92 Å². The van der Waals surface area contributed by atoms with E-state index in [0.717, 1.165) is 56.6 Å². The highest BCUT2D eigenvalue weighted by molar-refractivity contribution is 5.34. The lowest BCUT2D eigenvalue weighted by atomic mass is 9.81. The average molecular weight is 502 g/mol. The minimum absolute atomic E-state index is 0.131. The topological polar surface area (TPSA) is 21.7 Å². The lowest BCUT2D eigenvalue weighted by molar-refractivity contribution is -0.210. The lowest BCUT2D eigenvalue weighted by Crippen LogP contribution is -2.42. The van der Waals surface area contributed by atoms with Gasteiger partial charge in [-0.05, 0) is 74.5 Å². The molecule has 2 aliphatic heterocycles. The van der Waals surface area contributed by atoms with E-state index in [1.165, 1.54) is 6.92 Å². The number of likely N-dealkylation sites (tertiary alicyclic amines) is 1. The van der Waals surface area contributed by atoms with Crippen molar-refractivity contribution in [1.82, 2.24) is 4.90 Å². The molecule has 0 unspecified atom stereocenters. The van der Waals surface area contributed by atoms with E-state index in [4.69, 9.17) is 9.47 Å². The Bertz CT molecular complexity index is 940. The maximum Gasteiger partial charge on any atom is 0.416 e. The van der Waals surface area contributed by atoms with Crippen molar-refractivity contribution >= 4 is 0 Å². The molecule has 2 aromatic carbocycles. The van der Waals surface area contributed by atoms with Gasteiger partial charge in [-0.25, -0.2) is 0 Å². The van der Waals surface area contributed by atoms with Gasteiger partial charge in [0.05, 0.1) is 23.8 Å². The van der Waals surface area contributed by atoms with Crippen LogP contribution < -0.4 is 0 Å². The predicted molar refractivity (Wildman–Crippen MR) is 119 cm³/mol. The zero-order valence-corrected chi connectivity index (χ0v) is 19.4. The van der Waals surface area contributed by atoms with E-state index in [9.17, 15) is 26.3 Å². The molecule has 0 spiro atoms. The molecule has 0 saturated carbocycles. The first kappa shape index (κ1) is 26.0. The summed E-state index contributed by atoms with van der Waals surface area (Å²) in [6.07, 6.45) is -8.57. The normalized spacial score (nSPS) is 25.1. The maximum atomic E-state index is 13.3. The summed E-state index contributed by atoms with van der Waals surface area (Å²) >= 11 is 0. The van der Waals surface area contributed by atoms with Gasteiger partial charge in [-0.2, -0.15) is 26.3 Å². The Balaban J connectivity index is 1.62. The highest BCUT2D eigenvalue weighted by atomic mass is 19.4. The molecule has 0 bridgehead atoms. The summed E-state index contributed by atoms with van der Waals surface area (Å²) in [5.41, 5.74) is -1.92. The first-order valence-corrected chi connectivity index (χ1v) is 11.9. The van der Waals surface area contributed by atoms with Crippen molar-refractivity contribution in [3.8, 4) is 0 Å². The van der Waals surface area contributed by atoms with E-state index in [-0.39, 0.29) is 23.5 Å². The van der Waals surface area contributed by atoms with Crippen molar-refractivity contribution in [3.05, 3.63) is 70.8 Å².